The summed E-state index contributed by atoms with van der Waals surface area (Å²) in [5.74, 6) is -0.886. The lowest BCUT2D eigenvalue weighted by Gasteiger charge is -2.42. The van der Waals surface area contributed by atoms with E-state index in [1.807, 2.05) is 0 Å². The molecule has 0 aliphatic carbocycles. The topological polar surface area (TPSA) is 110 Å². The SMILES string of the molecule is CC(C)(CO)C[N+]1(C(N)=O)C=C2C(C(N)=O)=C(c3cccc(C(F)(F)F)c3)C(Cl)N2CC1. The van der Waals surface area contributed by atoms with E-state index in [-0.39, 0.29) is 53.1 Å². The highest BCUT2D eigenvalue weighted by Crippen LogP contribution is 2.45. The molecular weight excluding hydrogens is 449 g/mol. The van der Waals surface area contributed by atoms with Gasteiger partial charge in [-0.25, -0.2) is 9.28 Å². The molecule has 2 heterocycles. The quantitative estimate of drug-likeness (QED) is 0.347. The number of primary amides is 2. The van der Waals surface area contributed by atoms with E-state index in [1.165, 1.54) is 18.3 Å². The minimum Gasteiger partial charge on any atom is -0.396 e. The second-order valence-corrected chi connectivity index (χ2v) is 9.26. The number of benzene rings is 1. The van der Waals surface area contributed by atoms with E-state index in [0.717, 1.165) is 12.1 Å². The van der Waals surface area contributed by atoms with Crippen molar-refractivity contribution in [2.75, 3.05) is 26.2 Å². The fourth-order valence-corrected chi connectivity index (χ4v) is 4.67. The molecule has 7 nitrogen and oxygen atoms in total. The summed E-state index contributed by atoms with van der Waals surface area (Å²) in [4.78, 5) is 26.5. The van der Waals surface area contributed by atoms with Crippen molar-refractivity contribution in [2.24, 2.45) is 16.9 Å². The molecule has 0 saturated carbocycles. The molecule has 3 rings (SSSR count). The number of quaternary nitrogens is 1. The molecule has 11 heteroatoms. The van der Waals surface area contributed by atoms with Gasteiger partial charge >= 0.3 is 12.2 Å². The Morgan fingerprint density at radius 1 is 1.28 bits per heavy atom. The van der Waals surface area contributed by atoms with E-state index >= 15 is 0 Å². The van der Waals surface area contributed by atoms with Crippen LogP contribution in [0.15, 0.2) is 41.7 Å². The first kappa shape index (κ1) is 24.1. The number of urea groups is 1. The average molecular weight is 474 g/mol. The van der Waals surface area contributed by atoms with E-state index in [0.29, 0.717) is 0 Å². The molecule has 1 aromatic carbocycles. The standard InChI is InChI=1S/C21H24ClF3N4O3/c1-20(2,11-30)10-29(19(27)32)7-6-28-14(9-29)16(18(26)31)15(17(28)22)12-4-3-5-13(8-12)21(23,24)25/h3-5,8-9,17,30H,6-7,10-11H2,1-2H3,(H3-,26,27,31,32)/p+1. The molecule has 1 aromatic rings. The van der Waals surface area contributed by atoms with E-state index in [9.17, 15) is 27.9 Å². The monoisotopic (exact) mass is 473 g/mol. The van der Waals surface area contributed by atoms with Crippen molar-refractivity contribution in [3.05, 3.63) is 52.9 Å². The number of rotatable bonds is 5. The summed E-state index contributed by atoms with van der Waals surface area (Å²) >= 11 is 6.60. The molecule has 5 N–H and O–H groups in total. The fraction of sp³-hybridized carbons (Fsp3) is 0.429. The van der Waals surface area contributed by atoms with Crippen LogP contribution in [0.25, 0.3) is 5.57 Å². The molecule has 2 unspecified atom stereocenters. The number of fused-ring (bicyclic) bond motifs is 1. The Kier molecular flexibility index (Phi) is 6.09. The first-order valence-corrected chi connectivity index (χ1v) is 10.3. The predicted molar refractivity (Wildman–Crippen MR) is 112 cm³/mol. The number of aliphatic hydroxyl groups excluding tert-OH is 1. The highest BCUT2D eigenvalue weighted by atomic mass is 35.5. The van der Waals surface area contributed by atoms with Gasteiger partial charge in [-0.15, -0.1) is 0 Å². The number of nitrogens with two attached hydrogens (primary N) is 2. The molecule has 0 fully saturated rings. The van der Waals surface area contributed by atoms with Gasteiger partial charge in [-0.05, 0) is 17.7 Å². The Balaban J connectivity index is 2.21. The summed E-state index contributed by atoms with van der Waals surface area (Å²) in [6, 6.07) is 3.79. The van der Waals surface area contributed by atoms with Crippen molar-refractivity contribution in [2.45, 2.75) is 25.5 Å². The maximum atomic E-state index is 13.2. The van der Waals surface area contributed by atoms with E-state index in [1.54, 1.807) is 18.7 Å². The summed E-state index contributed by atoms with van der Waals surface area (Å²) in [5, 5.41) is 9.68. The van der Waals surface area contributed by atoms with Gasteiger partial charge in [0.05, 0.1) is 30.8 Å². The van der Waals surface area contributed by atoms with Gasteiger partial charge in [-0.1, -0.05) is 37.6 Å². The number of alkyl halides is 4. The Bertz CT molecular complexity index is 1020. The van der Waals surface area contributed by atoms with Crippen LogP contribution in [0.1, 0.15) is 25.0 Å². The van der Waals surface area contributed by atoms with Crippen LogP contribution in [0, 0.1) is 5.41 Å². The van der Waals surface area contributed by atoms with Crippen LogP contribution < -0.4 is 11.5 Å². The van der Waals surface area contributed by atoms with Gasteiger partial charge in [0.1, 0.15) is 23.9 Å². The molecule has 2 atom stereocenters. The second-order valence-electron chi connectivity index (χ2n) is 8.85. The molecule has 0 spiro atoms. The molecule has 32 heavy (non-hydrogen) atoms. The molecule has 0 saturated heterocycles. The lowest BCUT2D eigenvalue weighted by atomic mass is 9.92. The maximum absolute atomic E-state index is 13.2. The van der Waals surface area contributed by atoms with Gasteiger partial charge in [0.25, 0.3) is 5.91 Å². The van der Waals surface area contributed by atoms with Gasteiger partial charge in [0.2, 0.25) is 0 Å². The van der Waals surface area contributed by atoms with Gasteiger partial charge in [-0.2, -0.15) is 13.2 Å². The maximum Gasteiger partial charge on any atom is 0.418 e. The summed E-state index contributed by atoms with van der Waals surface area (Å²) in [6.45, 7) is 3.86. The van der Waals surface area contributed by atoms with Crippen molar-refractivity contribution in [3.63, 3.8) is 0 Å². The second kappa shape index (κ2) is 8.09. The summed E-state index contributed by atoms with van der Waals surface area (Å²) in [7, 11) is 0. The number of nitrogens with zero attached hydrogens (tertiary/aromatic N) is 2. The minimum atomic E-state index is -4.58. The Morgan fingerprint density at radius 3 is 2.47 bits per heavy atom. The number of aliphatic hydroxyl groups is 1. The highest BCUT2D eigenvalue weighted by Gasteiger charge is 2.49. The Labute approximate surface area is 188 Å². The normalized spacial score (nSPS) is 23.8. The third-order valence-electron chi connectivity index (χ3n) is 5.78. The largest absolute Gasteiger partial charge is 0.418 e. The number of amides is 3. The van der Waals surface area contributed by atoms with Gasteiger partial charge in [0.15, 0.2) is 0 Å². The van der Waals surface area contributed by atoms with Crippen LogP contribution >= 0.6 is 11.6 Å². The van der Waals surface area contributed by atoms with Gasteiger partial charge in [-0.3, -0.25) is 4.79 Å². The minimum absolute atomic E-state index is 0.0606. The van der Waals surface area contributed by atoms with Crippen LogP contribution in [0.3, 0.4) is 0 Å². The highest BCUT2D eigenvalue weighted by molar-refractivity contribution is 6.29. The summed E-state index contributed by atoms with van der Waals surface area (Å²) in [5.41, 5.74) is 9.25. The zero-order valence-electron chi connectivity index (χ0n) is 17.6. The molecule has 0 aromatic heterocycles. The van der Waals surface area contributed by atoms with Crippen molar-refractivity contribution in [3.8, 4) is 0 Å². The summed E-state index contributed by atoms with van der Waals surface area (Å²) in [6.07, 6.45) is -3.11. The Morgan fingerprint density at radius 2 is 1.94 bits per heavy atom. The lowest BCUT2D eigenvalue weighted by Crippen LogP contribution is -2.61. The third kappa shape index (κ3) is 4.22. The van der Waals surface area contributed by atoms with Crippen LogP contribution in [-0.2, 0) is 11.0 Å². The number of hydrogen-bond donors (Lipinski definition) is 3. The number of carbonyl (C=O) groups excluding carboxylic acids is 2. The van der Waals surface area contributed by atoms with Gasteiger partial charge < -0.3 is 21.5 Å². The number of carbonyl (C=O) groups is 2. The fourth-order valence-electron chi connectivity index (χ4n) is 4.23. The number of halogens is 4. The Hall–Kier alpha value is -2.56. The zero-order valence-corrected chi connectivity index (χ0v) is 18.4. The molecular formula is C21H25ClF3N4O3+. The molecule has 0 bridgehead atoms. The van der Waals surface area contributed by atoms with Crippen LogP contribution in [0.4, 0.5) is 18.0 Å². The molecule has 174 valence electrons. The first-order chi connectivity index (χ1) is 14.7. The van der Waals surface area contributed by atoms with Crippen molar-refractivity contribution < 1.29 is 32.3 Å². The number of hydrogen-bond acceptors (Lipinski definition) is 4. The molecule has 3 amide bonds. The van der Waals surface area contributed by atoms with E-state index < -0.39 is 34.6 Å². The molecule has 0 radical (unpaired) electrons. The van der Waals surface area contributed by atoms with Crippen molar-refractivity contribution >= 4 is 29.1 Å². The van der Waals surface area contributed by atoms with E-state index in [2.05, 4.69) is 0 Å². The third-order valence-corrected chi connectivity index (χ3v) is 6.23. The first-order valence-electron chi connectivity index (χ1n) is 9.86. The predicted octanol–water partition coefficient (Wildman–Crippen LogP) is 2.59. The smallest absolute Gasteiger partial charge is 0.396 e. The van der Waals surface area contributed by atoms with Crippen LogP contribution in [-0.4, -0.2) is 58.2 Å². The van der Waals surface area contributed by atoms with Crippen LogP contribution in [0.5, 0.6) is 0 Å². The van der Waals surface area contributed by atoms with E-state index in [4.69, 9.17) is 23.1 Å². The summed E-state index contributed by atoms with van der Waals surface area (Å²) < 4.78 is 39.4. The van der Waals surface area contributed by atoms with Gasteiger partial charge in [0, 0.05) is 11.0 Å². The van der Waals surface area contributed by atoms with Crippen molar-refractivity contribution in [1.29, 1.82) is 0 Å². The molecule has 2 aliphatic rings. The molecule has 2 aliphatic heterocycles. The van der Waals surface area contributed by atoms with Crippen molar-refractivity contribution in [1.82, 2.24) is 4.90 Å². The lowest BCUT2D eigenvalue weighted by molar-refractivity contribution is -0.808. The average Bonchev–Trinajstić information content (AvgIpc) is 2.99. The zero-order chi connectivity index (χ0) is 24.1. The van der Waals surface area contributed by atoms with Crippen LogP contribution in [0.2, 0.25) is 0 Å².